The molecule has 2 aromatic carbocycles. The van der Waals surface area contributed by atoms with Crippen LogP contribution in [0.5, 0.6) is 0 Å². The van der Waals surface area contributed by atoms with Crippen LogP contribution >= 0.6 is 23.2 Å². The summed E-state index contributed by atoms with van der Waals surface area (Å²) in [5, 5.41) is 0.526. The first kappa shape index (κ1) is 13.8. The first-order valence-electron chi connectivity index (χ1n) is 5.34. The lowest BCUT2D eigenvalue weighted by molar-refractivity contribution is 0.624. The molecule has 0 aliphatic rings. The Kier molecular flexibility index (Phi) is 4.08. The predicted octanol–water partition coefficient (Wildman–Crippen LogP) is 4.73. The minimum Gasteiger partial charge on any atom is -0.398 e. The minimum absolute atomic E-state index is 0.163. The SMILES string of the molecule is N/C(=C\c1cc(F)cc(Cl)c1)c1ccc(Cl)cc1F. The highest BCUT2D eigenvalue weighted by Crippen LogP contribution is 2.22. The van der Waals surface area contributed by atoms with Crippen molar-refractivity contribution in [3.05, 3.63) is 69.2 Å². The second-order valence-electron chi connectivity index (χ2n) is 3.93. The third kappa shape index (κ3) is 3.46. The number of benzene rings is 2. The maximum atomic E-state index is 13.7. The van der Waals surface area contributed by atoms with Crippen molar-refractivity contribution in [1.82, 2.24) is 0 Å². The topological polar surface area (TPSA) is 26.0 Å². The fourth-order valence-electron chi connectivity index (χ4n) is 1.64. The van der Waals surface area contributed by atoms with Crippen LogP contribution in [0.2, 0.25) is 10.0 Å². The van der Waals surface area contributed by atoms with Gasteiger partial charge in [0, 0.05) is 21.3 Å². The molecule has 0 bridgehead atoms. The summed E-state index contributed by atoms with van der Waals surface area (Å²) in [6.45, 7) is 0. The Morgan fingerprint density at radius 1 is 1.00 bits per heavy atom. The minimum atomic E-state index is -0.538. The Bertz CT molecular complexity index is 634. The van der Waals surface area contributed by atoms with E-state index in [4.69, 9.17) is 28.9 Å². The molecule has 19 heavy (non-hydrogen) atoms. The summed E-state index contributed by atoms with van der Waals surface area (Å²) in [4.78, 5) is 0. The molecule has 0 aromatic heterocycles. The van der Waals surface area contributed by atoms with Crippen molar-refractivity contribution in [1.29, 1.82) is 0 Å². The average molecular weight is 300 g/mol. The molecule has 0 radical (unpaired) electrons. The fourth-order valence-corrected chi connectivity index (χ4v) is 2.03. The lowest BCUT2D eigenvalue weighted by Crippen LogP contribution is -1.99. The molecule has 98 valence electrons. The van der Waals surface area contributed by atoms with E-state index in [-0.39, 0.29) is 21.3 Å². The number of halogens is 4. The summed E-state index contributed by atoms with van der Waals surface area (Å²) in [5.41, 5.74) is 6.61. The van der Waals surface area contributed by atoms with Crippen LogP contribution in [0.4, 0.5) is 8.78 Å². The van der Waals surface area contributed by atoms with Gasteiger partial charge in [-0.2, -0.15) is 0 Å². The molecule has 0 atom stereocenters. The third-order valence-corrected chi connectivity index (χ3v) is 2.90. The summed E-state index contributed by atoms with van der Waals surface area (Å²) in [7, 11) is 0. The van der Waals surface area contributed by atoms with Crippen molar-refractivity contribution in [2.24, 2.45) is 5.73 Å². The largest absolute Gasteiger partial charge is 0.398 e. The van der Waals surface area contributed by atoms with Gasteiger partial charge in [0.15, 0.2) is 0 Å². The molecule has 0 unspecified atom stereocenters. The van der Waals surface area contributed by atoms with Crippen LogP contribution in [0.15, 0.2) is 36.4 Å². The van der Waals surface area contributed by atoms with Crippen LogP contribution < -0.4 is 5.73 Å². The molecule has 0 amide bonds. The van der Waals surface area contributed by atoms with Crippen LogP contribution in [0.1, 0.15) is 11.1 Å². The van der Waals surface area contributed by atoms with Crippen molar-refractivity contribution in [3.8, 4) is 0 Å². The summed E-state index contributed by atoms with van der Waals surface area (Å²) in [5.74, 6) is -1.02. The van der Waals surface area contributed by atoms with Gasteiger partial charge < -0.3 is 5.73 Å². The molecule has 2 N–H and O–H groups in total. The number of rotatable bonds is 2. The molecule has 1 nitrogen and oxygen atoms in total. The fraction of sp³-hybridized carbons (Fsp3) is 0. The molecule has 0 aliphatic heterocycles. The van der Waals surface area contributed by atoms with Gasteiger partial charge in [-0.3, -0.25) is 0 Å². The Labute approximate surface area is 119 Å². The van der Waals surface area contributed by atoms with E-state index in [1.54, 1.807) is 0 Å². The summed E-state index contributed by atoms with van der Waals surface area (Å²) >= 11 is 11.4. The normalized spacial score (nSPS) is 11.7. The lowest BCUT2D eigenvalue weighted by Gasteiger charge is -2.05. The molecule has 0 fully saturated rings. The van der Waals surface area contributed by atoms with Gasteiger partial charge in [0.05, 0.1) is 0 Å². The summed E-state index contributed by atoms with van der Waals surface area (Å²) in [6.07, 6.45) is 1.45. The summed E-state index contributed by atoms with van der Waals surface area (Å²) in [6, 6.07) is 8.12. The molecule has 0 spiro atoms. The van der Waals surface area contributed by atoms with Gasteiger partial charge in [0.25, 0.3) is 0 Å². The average Bonchev–Trinajstić information content (AvgIpc) is 2.26. The number of hydrogen-bond donors (Lipinski definition) is 1. The van der Waals surface area contributed by atoms with E-state index in [2.05, 4.69) is 0 Å². The summed E-state index contributed by atoms with van der Waals surface area (Å²) < 4.78 is 26.8. The van der Waals surface area contributed by atoms with Crippen molar-refractivity contribution in [3.63, 3.8) is 0 Å². The molecule has 0 saturated heterocycles. The van der Waals surface area contributed by atoms with Crippen molar-refractivity contribution >= 4 is 35.0 Å². The highest BCUT2D eigenvalue weighted by atomic mass is 35.5. The first-order chi connectivity index (χ1) is 8.95. The standard InChI is InChI=1S/C14H9Cl2F2N/c15-9-1-2-12(13(18)7-9)14(19)5-8-3-10(16)6-11(17)4-8/h1-7H,19H2/b14-5-. The van der Waals surface area contributed by atoms with E-state index in [1.165, 1.54) is 36.4 Å². The molecule has 0 saturated carbocycles. The Hall–Kier alpha value is -1.58. The van der Waals surface area contributed by atoms with E-state index >= 15 is 0 Å². The highest BCUT2D eigenvalue weighted by molar-refractivity contribution is 6.31. The van der Waals surface area contributed by atoms with E-state index in [0.29, 0.717) is 5.56 Å². The van der Waals surface area contributed by atoms with Gasteiger partial charge in [-0.1, -0.05) is 23.2 Å². The molecule has 0 heterocycles. The van der Waals surface area contributed by atoms with Crippen molar-refractivity contribution < 1.29 is 8.78 Å². The quantitative estimate of drug-likeness (QED) is 0.797. The Balaban J connectivity index is 2.42. The first-order valence-corrected chi connectivity index (χ1v) is 6.10. The van der Waals surface area contributed by atoms with Crippen molar-refractivity contribution in [2.75, 3.05) is 0 Å². The maximum absolute atomic E-state index is 13.7. The van der Waals surface area contributed by atoms with Crippen LogP contribution in [0, 0.1) is 11.6 Å². The second kappa shape index (κ2) is 5.59. The van der Waals surface area contributed by atoms with Gasteiger partial charge in [-0.25, -0.2) is 8.78 Å². The third-order valence-electron chi connectivity index (χ3n) is 2.45. The zero-order chi connectivity index (χ0) is 14.0. The molecular weight excluding hydrogens is 291 g/mol. The van der Waals surface area contributed by atoms with Gasteiger partial charge >= 0.3 is 0 Å². The van der Waals surface area contributed by atoms with Crippen molar-refractivity contribution in [2.45, 2.75) is 0 Å². The predicted molar refractivity (Wildman–Crippen MR) is 74.9 cm³/mol. The monoisotopic (exact) mass is 299 g/mol. The maximum Gasteiger partial charge on any atom is 0.133 e. The molecule has 2 aromatic rings. The van der Waals surface area contributed by atoms with Gasteiger partial charge in [-0.05, 0) is 48.0 Å². The Morgan fingerprint density at radius 2 is 1.74 bits per heavy atom. The highest BCUT2D eigenvalue weighted by Gasteiger charge is 2.06. The number of nitrogens with two attached hydrogens (primary N) is 1. The van der Waals surface area contributed by atoms with E-state index in [0.717, 1.165) is 6.07 Å². The molecule has 5 heteroatoms. The smallest absolute Gasteiger partial charge is 0.133 e. The molecule has 0 aliphatic carbocycles. The molecular formula is C14H9Cl2F2N. The zero-order valence-electron chi connectivity index (χ0n) is 9.63. The molecule has 2 rings (SSSR count). The van der Waals surface area contributed by atoms with E-state index < -0.39 is 11.6 Å². The zero-order valence-corrected chi connectivity index (χ0v) is 11.1. The van der Waals surface area contributed by atoms with E-state index in [9.17, 15) is 8.78 Å². The van der Waals surface area contributed by atoms with Gasteiger partial charge in [0.2, 0.25) is 0 Å². The van der Waals surface area contributed by atoms with Crippen LogP contribution in [0.25, 0.3) is 11.8 Å². The Morgan fingerprint density at radius 3 is 2.37 bits per heavy atom. The van der Waals surface area contributed by atoms with E-state index in [1.807, 2.05) is 0 Å². The number of hydrogen-bond acceptors (Lipinski definition) is 1. The second-order valence-corrected chi connectivity index (χ2v) is 4.80. The van der Waals surface area contributed by atoms with Crippen LogP contribution in [0.3, 0.4) is 0 Å². The van der Waals surface area contributed by atoms with Gasteiger partial charge in [0.1, 0.15) is 11.6 Å². The van der Waals surface area contributed by atoms with Gasteiger partial charge in [-0.15, -0.1) is 0 Å². The van der Waals surface area contributed by atoms with Crippen LogP contribution in [-0.2, 0) is 0 Å². The lowest BCUT2D eigenvalue weighted by atomic mass is 10.1. The van der Waals surface area contributed by atoms with Crippen LogP contribution in [-0.4, -0.2) is 0 Å².